The maximum atomic E-state index is 13.4. The van der Waals surface area contributed by atoms with E-state index in [0.717, 1.165) is 5.56 Å². The van der Waals surface area contributed by atoms with Crippen LogP contribution < -0.4 is 5.32 Å². The van der Waals surface area contributed by atoms with Gasteiger partial charge in [-0.1, -0.05) is 84.9 Å². The van der Waals surface area contributed by atoms with Gasteiger partial charge in [-0.2, -0.15) is 0 Å². The molecule has 1 saturated heterocycles. The first-order chi connectivity index (χ1) is 22.4. The van der Waals surface area contributed by atoms with Crippen molar-refractivity contribution >= 4 is 23.8 Å². The average Bonchev–Trinajstić information content (AvgIpc) is 3.09. The van der Waals surface area contributed by atoms with Crippen LogP contribution in [-0.4, -0.2) is 61.1 Å². The predicted octanol–water partition coefficient (Wildman–Crippen LogP) is 4.74. The lowest BCUT2D eigenvalue weighted by Crippen LogP contribution is -2.66. The minimum atomic E-state index is -1.34. The summed E-state index contributed by atoms with van der Waals surface area (Å²) in [6.45, 7) is 0.979. The van der Waals surface area contributed by atoms with Crippen LogP contribution in [0.4, 0.5) is 0 Å². The fourth-order valence-electron chi connectivity index (χ4n) is 4.95. The zero-order valence-electron chi connectivity index (χ0n) is 25.0. The van der Waals surface area contributed by atoms with Gasteiger partial charge < -0.3 is 29.0 Å². The first-order valence-electron chi connectivity index (χ1n) is 14.7. The van der Waals surface area contributed by atoms with Crippen LogP contribution in [0.3, 0.4) is 0 Å². The molecule has 0 radical (unpaired) electrons. The molecule has 10 nitrogen and oxygen atoms in total. The summed E-state index contributed by atoms with van der Waals surface area (Å²) in [6.07, 6.45) is -5.03. The largest absolute Gasteiger partial charge is 0.459 e. The van der Waals surface area contributed by atoms with E-state index in [0.29, 0.717) is 5.56 Å². The van der Waals surface area contributed by atoms with Crippen molar-refractivity contribution in [2.75, 3.05) is 6.61 Å². The maximum Gasteiger partial charge on any atom is 0.338 e. The van der Waals surface area contributed by atoms with E-state index in [1.165, 1.54) is 6.92 Å². The number of carbonyl (C=O) groups excluding carboxylic acids is 4. The van der Waals surface area contributed by atoms with E-state index in [2.05, 4.69) is 5.32 Å². The van der Waals surface area contributed by atoms with E-state index < -0.39 is 61.1 Å². The molecule has 0 unspecified atom stereocenters. The second kappa shape index (κ2) is 15.6. The van der Waals surface area contributed by atoms with Crippen molar-refractivity contribution in [1.82, 2.24) is 5.32 Å². The minimum absolute atomic E-state index is 0.0753. The summed E-state index contributed by atoms with van der Waals surface area (Å²) in [5.74, 6) is -2.57. The van der Waals surface area contributed by atoms with Crippen LogP contribution in [0.5, 0.6) is 0 Å². The Kier molecular flexibility index (Phi) is 10.9. The van der Waals surface area contributed by atoms with Gasteiger partial charge in [0.15, 0.2) is 18.5 Å². The van der Waals surface area contributed by atoms with E-state index in [1.807, 2.05) is 30.3 Å². The highest BCUT2D eigenvalue weighted by Crippen LogP contribution is 2.30. The number of amides is 1. The molecule has 1 N–H and O–H groups in total. The van der Waals surface area contributed by atoms with E-state index >= 15 is 0 Å². The number of carbonyl (C=O) groups is 4. The molecule has 5 rings (SSSR count). The molecule has 1 heterocycles. The smallest absolute Gasteiger partial charge is 0.338 e. The Bertz CT molecular complexity index is 1600. The summed E-state index contributed by atoms with van der Waals surface area (Å²) in [7, 11) is 0. The molecule has 236 valence electrons. The van der Waals surface area contributed by atoms with Gasteiger partial charge in [0.25, 0.3) is 0 Å². The topological polar surface area (TPSA) is 126 Å². The molecule has 0 bridgehead atoms. The Morgan fingerprint density at radius 1 is 0.630 bits per heavy atom. The number of benzene rings is 4. The lowest BCUT2D eigenvalue weighted by Gasteiger charge is -2.45. The highest BCUT2D eigenvalue weighted by Gasteiger charge is 2.52. The molecule has 0 spiro atoms. The molecule has 0 aliphatic carbocycles. The van der Waals surface area contributed by atoms with Crippen LogP contribution >= 0.6 is 0 Å². The standard InChI is InChI=1S/C36H33NO9/c1-24(38)37-30-32(46-35(41)28-20-12-5-13-21-28)31(45-34(40)27-18-10-4-11-19-27)29(23-42-33(39)26-16-8-3-9-17-26)44-36(30)43-22-25-14-6-2-7-15-25/h2-21,29-32,36H,22-23H2,1H3,(H,37,38)/t29-,30-,31-,32-,36+/m1/s1. The fraction of sp³-hybridized carbons (Fsp3) is 0.222. The second-order valence-electron chi connectivity index (χ2n) is 10.5. The van der Waals surface area contributed by atoms with Crippen molar-refractivity contribution in [2.45, 2.75) is 44.2 Å². The molecule has 4 aromatic carbocycles. The quantitative estimate of drug-likeness (QED) is 0.186. The SMILES string of the molecule is CC(=O)N[C@H]1[C@@H](OCc2ccccc2)O[C@H](COC(=O)c2ccccc2)[C@@H](OC(=O)c2ccccc2)[C@@H]1OC(=O)c1ccccc1. The van der Waals surface area contributed by atoms with E-state index in [-0.39, 0.29) is 17.7 Å². The van der Waals surface area contributed by atoms with Crippen LogP contribution in [0.25, 0.3) is 0 Å². The molecule has 5 atom stereocenters. The van der Waals surface area contributed by atoms with Gasteiger partial charge in [-0.15, -0.1) is 0 Å². The Balaban J connectivity index is 1.50. The lowest BCUT2D eigenvalue weighted by molar-refractivity contribution is -0.272. The fourth-order valence-corrected chi connectivity index (χ4v) is 4.95. The number of nitrogens with one attached hydrogen (secondary N) is 1. The molecular weight excluding hydrogens is 590 g/mol. The highest BCUT2D eigenvalue weighted by atomic mass is 16.7. The predicted molar refractivity (Wildman–Crippen MR) is 166 cm³/mol. The Labute approximate surface area is 266 Å². The summed E-state index contributed by atoms with van der Waals surface area (Å²) in [5, 5.41) is 2.76. The number of esters is 3. The van der Waals surface area contributed by atoms with Crippen molar-refractivity contribution in [3.63, 3.8) is 0 Å². The third kappa shape index (κ3) is 8.44. The maximum absolute atomic E-state index is 13.4. The summed E-state index contributed by atoms with van der Waals surface area (Å²) in [6, 6.07) is 33.0. The summed E-state index contributed by atoms with van der Waals surface area (Å²) in [5.41, 5.74) is 1.58. The molecule has 0 aromatic heterocycles. The lowest BCUT2D eigenvalue weighted by atomic mass is 9.95. The average molecular weight is 624 g/mol. The van der Waals surface area contributed by atoms with Gasteiger partial charge in [-0.25, -0.2) is 14.4 Å². The number of hydrogen-bond donors (Lipinski definition) is 1. The molecule has 46 heavy (non-hydrogen) atoms. The minimum Gasteiger partial charge on any atom is -0.459 e. The molecule has 1 aliphatic heterocycles. The van der Waals surface area contributed by atoms with Gasteiger partial charge in [-0.3, -0.25) is 4.79 Å². The van der Waals surface area contributed by atoms with Gasteiger partial charge in [-0.05, 0) is 42.0 Å². The molecule has 1 aliphatic rings. The van der Waals surface area contributed by atoms with Gasteiger partial charge in [0, 0.05) is 6.92 Å². The zero-order valence-corrected chi connectivity index (χ0v) is 25.0. The van der Waals surface area contributed by atoms with Crippen molar-refractivity contribution < 1.29 is 42.9 Å². The van der Waals surface area contributed by atoms with Gasteiger partial charge in [0.1, 0.15) is 18.8 Å². The van der Waals surface area contributed by atoms with Crippen molar-refractivity contribution in [2.24, 2.45) is 0 Å². The summed E-state index contributed by atoms with van der Waals surface area (Å²) >= 11 is 0. The zero-order chi connectivity index (χ0) is 32.3. The Morgan fingerprint density at radius 3 is 1.59 bits per heavy atom. The normalized spacial score (nSPS) is 20.6. The van der Waals surface area contributed by atoms with Gasteiger partial charge >= 0.3 is 17.9 Å². The first-order valence-corrected chi connectivity index (χ1v) is 14.7. The van der Waals surface area contributed by atoms with E-state index in [1.54, 1.807) is 91.0 Å². The van der Waals surface area contributed by atoms with Crippen LogP contribution in [0, 0.1) is 0 Å². The number of hydrogen-bond acceptors (Lipinski definition) is 9. The van der Waals surface area contributed by atoms with Gasteiger partial charge in [0.05, 0.1) is 23.3 Å². The Hall–Kier alpha value is -5.32. The third-order valence-corrected chi connectivity index (χ3v) is 7.17. The molecule has 10 heteroatoms. The summed E-state index contributed by atoms with van der Waals surface area (Å²) < 4.78 is 30.0. The molecular formula is C36H33NO9. The van der Waals surface area contributed by atoms with Crippen LogP contribution in [0.15, 0.2) is 121 Å². The molecule has 1 amide bonds. The number of rotatable bonds is 11. The second-order valence-corrected chi connectivity index (χ2v) is 10.5. The number of ether oxygens (including phenoxy) is 5. The third-order valence-electron chi connectivity index (χ3n) is 7.17. The van der Waals surface area contributed by atoms with Crippen LogP contribution in [-0.2, 0) is 35.1 Å². The van der Waals surface area contributed by atoms with Crippen LogP contribution in [0.2, 0.25) is 0 Å². The molecule has 4 aromatic rings. The van der Waals surface area contributed by atoms with Crippen LogP contribution in [0.1, 0.15) is 43.6 Å². The van der Waals surface area contributed by atoms with Gasteiger partial charge in [0.2, 0.25) is 5.91 Å². The van der Waals surface area contributed by atoms with Crippen molar-refractivity contribution in [3.8, 4) is 0 Å². The summed E-state index contributed by atoms with van der Waals surface area (Å²) in [4.78, 5) is 52.3. The van der Waals surface area contributed by atoms with Crippen molar-refractivity contribution in [1.29, 1.82) is 0 Å². The molecule has 0 saturated carbocycles. The van der Waals surface area contributed by atoms with Crippen molar-refractivity contribution in [3.05, 3.63) is 144 Å². The monoisotopic (exact) mass is 623 g/mol. The first kappa shape index (κ1) is 32.1. The molecule has 1 fully saturated rings. The van der Waals surface area contributed by atoms with E-state index in [4.69, 9.17) is 23.7 Å². The highest BCUT2D eigenvalue weighted by molar-refractivity contribution is 5.91. The van der Waals surface area contributed by atoms with E-state index in [9.17, 15) is 19.2 Å². The Morgan fingerprint density at radius 2 is 1.09 bits per heavy atom.